The minimum atomic E-state index is 0.583. The molecule has 0 spiro atoms. The van der Waals surface area contributed by atoms with Crippen LogP contribution >= 0.6 is 0 Å². The highest BCUT2D eigenvalue weighted by molar-refractivity contribution is 4.58. The van der Waals surface area contributed by atoms with E-state index >= 15 is 0 Å². The first-order valence-corrected chi connectivity index (χ1v) is 17.5. The lowest BCUT2D eigenvalue weighted by Gasteiger charge is -2.05. The molecule has 37 heavy (non-hydrogen) atoms. The lowest BCUT2D eigenvalue weighted by molar-refractivity contribution is 0.125. The lowest BCUT2D eigenvalue weighted by atomic mass is 10.0. The first-order valence-electron chi connectivity index (χ1n) is 17.5. The Labute approximate surface area is 235 Å². The van der Waals surface area contributed by atoms with Gasteiger partial charge >= 0.3 is 0 Å². The third-order valence-corrected chi connectivity index (χ3v) is 7.78. The van der Waals surface area contributed by atoms with Crippen LogP contribution in [0.5, 0.6) is 0 Å². The molecule has 1 aliphatic rings. The molecule has 1 rings (SSSR count). The average molecular weight is 525 g/mol. The quantitative estimate of drug-likeness (QED) is 0.0688. The molecule has 2 nitrogen and oxygen atoms in total. The monoisotopic (exact) mass is 525 g/mol. The van der Waals surface area contributed by atoms with Gasteiger partial charge in [0.15, 0.2) is 0 Å². The highest BCUT2D eigenvalue weighted by atomic mass is 16.6. The van der Waals surface area contributed by atoms with Gasteiger partial charge in [0.1, 0.15) is 0 Å². The summed E-state index contributed by atoms with van der Waals surface area (Å²) in [4.78, 5) is 0. The van der Waals surface area contributed by atoms with Gasteiger partial charge in [-0.3, -0.25) is 0 Å². The zero-order valence-corrected chi connectivity index (χ0v) is 26.3. The predicted molar refractivity (Wildman–Crippen MR) is 167 cm³/mol. The summed E-state index contributed by atoms with van der Waals surface area (Å²) in [5, 5.41) is 0. The molecule has 0 N–H and O–H groups in total. The number of epoxide rings is 1. The molecule has 0 aromatic rings. The number of ether oxygens (including phenoxy) is 2. The fourth-order valence-electron chi connectivity index (χ4n) is 5.00. The van der Waals surface area contributed by atoms with E-state index < -0.39 is 0 Å². The Balaban J connectivity index is 0.00000292. The maximum absolute atomic E-state index is 5.85. The van der Waals surface area contributed by atoms with Gasteiger partial charge in [0, 0.05) is 13.2 Å². The second kappa shape index (κ2) is 33.9. The first kappa shape index (κ1) is 36.9. The van der Waals surface area contributed by atoms with Crippen LogP contribution in [0, 0.1) is 0 Å². The number of hydrogen-bond donors (Lipinski definition) is 0. The Hall–Kier alpha value is -0.0800. The Morgan fingerprint density at radius 1 is 0.405 bits per heavy atom. The highest BCUT2D eigenvalue weighted by Crippen LogP contribution is 2.14. The van der Waals surface area contributed by atoms with Crippen molar-refractivity contribution >= 4 is 0 Å². The van der Waals surface area contributed by atoms with Crippen molar-refractivity contribution < 1.29 is 9.47 Å². The van der Waals surface area contributed by atoms with Crippen LogP contribution in [0.3, 0.4) is 0 Å². The van der Waals surface area contributed by atoms with E-state index in [1.807, 2.05) is 0 Å². The fourth-order valence-corrected chi connectivity index (χ4v) is 5.00. The van der Waals surface area contributed by atoms with E-state index in [2.05, 4.69) is 20.8 Å². The highest BCUT2D eigenvalue weighted by Gasteiger charge is 2.13. The Bertz CT molecular complexity index is 349. The van der Waals surface area contributed by atoms with E-state index in [-0.39, 0.29) is 0 Å². The summed E-state index contributed by atoms with van der Waals surface area (Å²) < 4.78 is 10.6. The molecule has 2 heteroatoms. The van der Waals surface area contributed by atoms with Crippen molar-refractivity contribution in [2.45, 2.75) is 207 Å². The molecule has 1 saturated heterocycles. The van der Waals surface area contributed by atoms with Gasteiger partial charge in [0.05, 0.1) is 12.7 Å². The topological polar surface area (TPSA) is 21.8 Å². The molecular formula is C35H72O2. The molecule has 0 aromatic carbocycles. The molecule has 0 aromatic heterocycles. The molecule has 1 aliphatic heterocycles. The van der Waals surface area contributed by atoms with Crippen LogP contribution in [-0.2, 0) is 9.47 Å². The minimum absolute atomic E-state index is 0.583. The van der Waals surface area contributed by atoms with E-state index in [1.54, 1.807) is 0 Å². The summed E-state index contributed by atoms with van der Waals surface area (Å²) in [6, 6.07) is 0. The smallest absolute Gasteiger partial charge is 0.0781 e. The molecule has 1 atom stereocenters. The Morgan fingerprint density at radius 2 is 0.595 bits per heavy atom. The van der Waals surface area contributed by atoms with Crippen molar-refractivity contribution in [1.29, 1.82) is 0 Å². The van der Waals surface area contributed by atoms with Crippen LogP contribution in [0.1, 0.15) is 201 Å². The van der Waals surface area contributed by atoms with E-state index in [1.165, 1.54) is 180 Å². The largest absolute Gasteiger partial charge is 0.381 e. The third kappa shape index (κ3) is 38.1. The van der Waals surface area contributed by atoms with Crippen LogP contribution in [0.4, 0.5) is 0 Å². The third-order valence-electron chi connectivity index (χ3n) is 7.78. The summed E-state index contributed by atoms with van der Waals surface area (Å²) in [5.41, 5.74) is 0. The van der Waals surface area contributed by atoms with Gasteiger partial charge in [0.2, 0.25) is 0 Å². The van der Waals surface area contributed by atoms with Crippen molar-refractivity contribution in [3.63, 3.8) is 0 Å². The van der Waals surface area contributed by atoms with Crippen molar-refractivity contribution in [2.24, 2.45) is 0 Å². The van der Waals surface area contributed by atoms with Crippen molar-refractivity contribution in [1.82, 2.24) is 0 Å². The zero-order valence-electron chi connectivity index (χ0n) is 26.3. The van der Waals surface area contributed by atoms with Crippen molar-refractivity contribution in [2.75, 3.05) is 19.8 Å². The molecular weight excluding hydrogens is 452 g/mol. The van der Waals surface area contributed by atoms with Crippen LogP contribution in [0.15, 0.2) is 0 Å². The van der Waals surface area contributed by atoms with Gasteiger partial charge in [-0.05, 0) is 19.8 Å². The summed E-state index contributed by atoms with van der Waals surface area (Å²) in [6.07, 6.45) is 40.6. The van der Waals surface area contributed by atoms with Crippen LogP contribution < -0.4 is 0 Å². The normalized spacial score (nSPS) is 14.5. The minimum Gasteiger partial charge on any atom is -0.381 e. The molecule has 224 valence electrons. The number of hydrogen-bond acceptors (Lipinski definition) is 2. The van der Waals surface area contributed by atoms with Crippen LogP contribution in [0.2, 0.25) is 0 Å². The lowest BCUT2D eigenvalue weighted by Crippen LogP contribution is -1.97. The predicted octanol–water partition coefficient (Wildman–Crippen LogP) is 12.4. The second-order valence-corrected chi connectivity index (χ2v) is 11.9. The molecule has 0 saturated carbocycles. The van der Waals surface area contributed by atoms with Gasteiger partial charge in [-0.15, -0.1) is 0 Å². The molecule has 1 unspecified atom stereocenters. The van der Waals surface area contributed by atoms with Gasteiger partial charge in [0.25, 0.3) is 0 Å². The standard InChI is InChI=1S/C32H66O.C3H6O/c1-3-5-7-9-11-13-15-17-19-21-23-25-27-29-31-33-32-30-28-26-24-22-20-18-16-14-12-10-8-6-4-2;1-3-2-4-3/h3-32H2,1-2H3;3H,2H2,1H3. The number of unbranched alkanes of at least 4 members (excludes halogenated alkanes) is 26. The van der Waals surface area contributed by atoms with E-state index in [0.717, 1.165) is 19.8 Å². The average Bonchev–Trinajstić information content (AvgIpc) is 3.70. The van der Waals surface area contributed by atoms with E-state index in [0.29, 0.717) is 6.10 Å². The molecule has 1 heterocycles. The molecule has 0 amide bonds. The SMILES string of the molecule is CC1CO1.CCCCCCCCCCCCCCCCOCCCCCCCCCCCCCCCC. The van der Waals surface area contributed by atoms with Gasteiger partial charge in [-0.25, -0.2) is 0 Å². The Morgan fingerprint density at radius 3 is 0.784 bits per heavy atom. The fraction of sp³-hybridized carbons (Fsp3) is 1.00. The summed E-state index contributed by atoms with van der Waals surface area (Å²) in [5.74, 6) is 0. The van der Waals surface area contributed by atoms with Crippen LogP contribution in [0.25, 0.3) is 0 Å². The summed E-state index contributed by atoms with van der Waals surface area (Å²) >= 11 is 0. The first-order chi connectivity index (χ1) is 18.3. The van der Waals surface area contributed by atoms with Crippen molar-refractivity contribution in [3.05, 3.63) is 0 Å². The summed E-state index contributed by atoms with van der Waals surface area (Å²) in [6.45, 7) is 9.64. The van der Waals surface area contributed by atoms with E-state index in [9.17, 15) is 0 Å². The van der Waals surface area contributed by atoms with E-state index in [4.69, 9.17) is 9.47 Å². The maximum Gasteiger partial charge on any atom is 0.0781 e. The number of rotatable bonds is 30. The molecule has 0 aliphatic carbocycles. The van der Waals surface area contributed by atoms with Gasteiger partial charge in [-0.1, -0.05) is 181 Å². The maximum atomic E-state index is 5.85. The molecule has 0 radical (unpaired) electrons. The van der Waals surface area contributed by atoms with Gasteiger partial charge in [-0.2, -0.15) is 0 Å². The van der Waals surface area contributed by atoms with Gasteiger partial charge < -0.3 is 9.47 Å². The van der Waals surface area contributed by atoms with Crippen LogP contribution in [-0.4, -0.2) is 25.9 Å². The van der Waals surface area contributed by atoms with Crippen molar-refractivity contribution in [3.8, 4) is 0 Å². The molecule has 1 fully saturated rings. The Kier molecular flexibility index (Phi) is 33.9. The zero-order chi connectivity index (χ0) is 26.9. The summed E-state index contributed by atoms with van der Waals surface area (Å²) in [7, 11) is 0. The molecule has 0 bridgehead atoms. The second-order valence-electron chi connectivity index (χ2n) is 11.9.